The molecule has 0 saturated heterocycles. The van der Waals surface area contributed by atoms with Crippen LogP contribution in [-0.2, 0) is 4.79 Å². The maximum absolute atomic E-state index is 12.2. The maximum atomic E-state index is 12.2. The zero-order valence-electron chi connectivity index (χ0n) is 16.1. The van der Waals surface area contributed by atoms with Gasteiger partial charge in [0.1, 0.15) is 0 Å². The first-order valence-corrected chi connectivity index (χ1v) is 10.5. The number of hydrogen-bond donors (Lipinski definition) is 2. The largest absolute Gasteiger partial charge is 0.330 e. The Morgan fingerprint density at radius 1 is 1.14 bits per heavy atom. The van der Waals surface area contributed by atoms with Crippen LogP contribution in [0.3, 0.4) is 0 Å². The van der Waals surface area contributed by atoms with E-state index >= 15 is 0 Å². The SMILES string of the molecule is Cc1ccc([N+](=O)[O-])cc1NC(=O)CSc1nnc(Nc2cccc(C)c2C)s1. The van der Waals surface area contributed by atoms with Gasteiger partial charge in [-0.25, -0.2) is 0 Å². The van der Waals surface area contributed by atoms with Crippen LogP contribution in [0.25, 0.3) is 0 Å². The van der Waals surface area contributed by atoms with Gasteiger partial charge in [0, 0.05) is 17.8 Å². The molecule has 0 atom stereocenters. The summed E-state index contributed by atoms with van der Waals surface area (Å²) < 4.78 is 0.656. The Morgan fingerprint density at radius 3 is 2.69 bits per heavy atom. The van der Waals surface area contributed by atoms with Crippen LogP contribution in [0.5, 0.6) is 0 Å². The number of aryl methyl sites for hydroxylation is 2. The topological polar surface area (TPSA) is 110 Å². The van der Waals surface area contributed by atoms with Gasteiger partial charge in [0.15, 0.2) is 4.34 Å². The Balaban J connectivity index is 1.58. The molecule has 2 N–H and O–H groups in total. The van der Waals surface area contributed by atoms with E-state index in [1.165, 1.54) is 40.8 Å². The monoisotopic (exact) mass is 429 g/mol. The van der Waals surface area contributed by atoms with Crippen molar-refractivity contribution in [2.45, 2.75) is 25.1 Å². The highest BCUT2D eigenvalue weighted by Crippen LogP contribution is 2.30. The number of amides is 1. The number of nitrogens with one attached hydrogen (secondary N) is 2. The summed E-state index contributed by atoms with van der Waals surface area (Å²) in [4.78, 5) is 22.7. The van der Waals surface area contributed by atoms with Gasteiger partial charge in [0.05, 0.1) is 16.4 Å². The number of non-ortho nitro benzene ring substituents is 1. The molecule has 3 rings (SSSR count). The molecule has 150 valence electrons. The summed E-state index contributed by atoms with van der Waals surface area (Å²) in [7, 11) is 0. The van der Waals surface area contributed by atoms with Crippen molar-refractivity contribution in [2.24, 2.45) is 0 Å². The van der Waals surface area contributed by atoms with Gasteiger partial charge in [-0.2, -0.15) is 0 Å². The smallest absolute Gasteiger partial charge is 0.271 e. The number of anilines is 3. The minimum Gasteiger partial charge on any atom is -0.330 e. The van der Waals surface area contributed by atoms with Crippen LogP contribution in [0.15, 0.2) is 40.7 Å². The first-order chi connectivity index (χ1) is 13.8. The van der Waals surface area contributed by atoms with Gasteiger partial charge in [-0.15, -0.1) is 10.2 Å². The number of nitrogens with zero attached hydrogens (tertiary/aromatic N) is 3. The molecule has 0 bridgehead atoms. The fraction of sp³-hybridized carbons (Fsp3) is 0.211. The maximum Gasteiger partial charge on any atom is 0.271 e. The number of thioether (sulfide) groups is 1. The van der Waals surface area contributed by atoms with Crippen LogP contribution in [0, 0.1) is 30.9 Å². The molecule has 0 saturated carbocycles. The predicted octanol–water partition coefficient (Wildman–Crippen LogP) is 4.85. The number of nitro benzene ring substituents is 1. The minimum atomic E-state index is -0.491. The van der Waals surface area contributed by atoms with E-state index in [4.69, 9.17) is 0 Å². The molecule has 0 aliphatic carbocycles. The highest BCUT2D eigenvalue weighted by molar-refractivity contribution is 8.01. The van der Waals surface area contributed by atoms with Crippen molar-refractivity contribution in [3.8, 4) is 0 Å². The van der Waals surface area contributed by atoms with E-state index in [1.807, 2.05) is 32.0 Å². The second-order valence-corrected chi connectivity index (χ2v) is 8.54. The van der Waals surface area contributed by atoms with E-state index in [0.717, 1.165) is 16.8 Å². The lowest BCUT2D eigenvalue weighted by molar-refractivity contribution is -0.384. The molecule has 0 unspecified atom stereocenters. The Morgan fingerprint density at radius 2 is 1.93 bits per heavy atom. The minimum absolute atomic E-state index is 0.0650. The molecule has 0 fully saturated rings. The normalized spacial score (nSPS) is 10.6. The summed E-state index contributed by atoms with van der Waals surface area (Å²) >= 11 is 2.62. The van der Waals surface area contributed by atoms with Gasteiger partial charge in [-0.1, -0.05) is 41.3 Å². The van der Waals surface area contributed by atoms with Crippen LogP contribution < -0.4 is 10.6 Å². The number of carbonyl (C=O) groups excluding carboxylic acids is 1. The fourth-order valence-electron chi connectivity index (χ4n) is 2.49. The van der Waals surface area contributed by atoms with Crippen molar-refractivity contribution in [3.05, 3.63) is 63.2 Å². The van der Waals surface area contributed by atoms with Crippen molar-refractivity contribution in [1.29, 1.82) is 0 Å². The first-order valence-electron chi connectivity index (χ1n) is 8.68. The number of hydrogen-bond acceptors (Lipinski definition) is 8. The highest BCUT2D eigenvalue weighted by atomic mass is 32.2. The van der Waals surface area contributed by atoms with E-state index in [2.05, 4.69) is 20.8 Å². The van der Waals surface area contributed by atoms with E-state index < -0.39 is 4.92 Å². The second-order valence-electron chi connectivity index (χ2n) is 6.34. The molecule has 0 radical (unpaired) electrons. The Kier molecular flexibility index (Phi) is 6.45. The Hall–Kier alpha value is -2.98. The van der Waals surface area contributed by atoms with Crippen molar-refractivity contribution in [2.75, 3.05) is 16.4 Å². The molecule has 29 heavy (non-hydrogen) atoms. The molecule has 1 amide bonds. The summed E-state index contributed by atoms with van der Waals surface area (Å²) in [6, 6.07) is 10.4. The summed E-state index contributed by atoms with van der Waals surface area (Å²) in [5.41, 5.74) is 4.41. The van der Waals surface area contributed by atoms with E-state index in [-0.39, 0.29) is 17.3 Å². The van der Waals surface area contributed by atoms with Crippen molar-refractivity contribution >= 4 is 51.2 Å². The highest BCUT2D eigenvalue weighted by Gasteiger charge is 2.13. The number of nitro groups is 1. The van der Waals surface area contributed by atoms with Gasteiger partial charge in [0.2, 0.25) is 11.0 Å². The summed E-state index contributed by atoms with van der Waals surface area (Å²) in [5.74, 6) is -0.141. The summed E-state index contributed by atoms with van der Waals surface area (Å²) in [6.07, 6.45) is 0. The summed E-state index contributed by atoms with van der Waals surface area (Å²) in [6.45, 7) is 5.86. The average molecular weight is 430 g/mol. The molecule has 0 aliphatic rings. The first kappa shape index (κ1) is 20.7. The number of aromatic nitrogens is 2. The molecule has 3 aromatic rings. The zero-order chi connectivity index (χ0) is 21.0. The molecule has 10 heteroatoms. The van der Waals surface area contributed by atoms with Crippen LogP contribution in [-0.4, -0.2) is 26.8 Å². The molecule has 2 aromatic carbocycles. The quantitative estimate of drug-likeness (QED) is 0.314. The van der Waals surface area contributed by atoms with Crippen LogP contribution in [0.4, 0.5) is 22.2 Å². The summed E-state index contributed by atoms with van der Waals surface area (Å²) in [5, 5.41) is 25.7. The lowest BCUT2D eigenvalue weighted by Crippen LogP contribution is -2.15. The van der Waals surface area contributed by atoms with Crippen molar-refractivity contribution in [3.63, 3.8) is 0 Å². The van der Waals surface area contributed by atoms with E-state index in [9.17, 15) is 14.9 Å². The molecular weight excluding hydrogens is 410 g/mol. The Labute approximate surface area is 175 Å². The lowest BCUT2D eigenvalue weighted by Gasteiger charge is -2.08. The molecular formula is C19H19N5O3S2. The third-order valence-electron chi connectivity index (χ3n) is 4.29. The molecule has 1 heterocycles. The number of rotatable bonds is 7. The average Bonchev–Trinajstić information content (AvgIpc) is 3.13. The fourth-order valence-corrected chi connectivity index (χ4v) is 4.06. The molecule has 0 aliphatic heterocycles. The van der Waals surface area contributed by atoms with Crippen LogP contribution >= 0.6 is 23.1 Å². The molecule has 8 nitrogen and oxygen atoms in total. The van der Waals surface area contributed by atoms with Gasteiger partial charge in [0.25, 0.3) is 5.69 Å². The van der Waals surface area contributed by atoms with E-state index in [0.29, 0.717) is 15.2 Å². The molecule has 0 spiro atoms. The van der Waals surface area contributed by atoms with Gasteiger partial charge in [-0.05, 0) is 43.5 Å². The lowest BCUT2D eigenvalue weighted by atomic mass is 10.1. The van der Waals surface area contributed by atoms with Gasteiger partial charge >= 0.3 is 0 Å². The standard InChI is InChI=1S/C19H19N5O3S2/c1-11-5-4-6-15(13(11)3)21-18-22-23-19(29-18)28-10-17(25)20-16-9-14(24(26)27)8-7-12(16)2/h4-9H,10H2,1-3H3,(H,20,25)(H,21,22). The van der Waals surface area contributed by atoms with Crippen LogP contribution in [0.2, 0.25) is 0 Å². The number of benzene rings is 2. The molecule has 1 aromatic heterocycles. The number of carbonyl (C=O) groups is 1. The third-order valence-corrected chi connectivity index (χ3v) is 6.26. The second kappa shape index (κ2) is 9.01. The predicted molar refractivity (Wildman–Crippen MR) is 116 cm³/mol. The van der Waals surface area contributed by atoms with Crippen LogP contribution in [0.1, 0.15) is 16.7 Å². The third kappa shape index (κ3) is 5.30. The van der Waals surface area contributed by atoms with Gasteiger partial charge in [-0.3, -0.25) is 14.9 Å². The zero-order valence-corrected chi connectivity index (χ0v) is 17.7. The van der Waals surface area contributed by atoms with Crippen molar-refractivity contribution < 1.29 is 9.72 Å². The van der Waals surface area contributed by atoms with Gasteiger partial charge < -0.3 is 10.6 Å². The van der Waals surface area contributed by atoms with E-state index in [1.54, 1.807) is 13.0 Å². The van der Waals surface area contributed by atoms with Crippen molar-refractivity contribution in [1.82, 2.24) is 10.2 Å². The Bertz CT molecular complexity index is 1070.